The van der Waals surface area contributed by atoms with Crippen molar-refractivity contribution in [3.05, 3.63) is 29.8 Å². The van der Waals surface area contributed by atoms with E-state index in [1.54, 1.807) is 0 Å². The van der Waals surface area contributed by atoms with E-state index in [1.165, 1.54) is 5.56 Å². The number of ether oxygens (including phenoxy) is 1. The predicted octanol–water partition coefficient (Wildman–Crippen LogP) is 3.47. The highest BCUT2D eigenvalue weighted by Crippen LogP contribution is 2.18. The molecule has 0 aliphatic heterocycles. The van der Waals surface area contributed by atoms with Crippen molar-refractivity contribution in [3.8, 4) is 5.75 Å². The van der Waals surface area contributed by atoms with Gasteiger partial charge in [-0.2, -0.15) is 0 Å². The Labute approximate surface area is 97.6 Å². The van der Waals surface area contributed by atoms with Crippen molar-refractivity contribution in [2.45, 2.75) is 39.0 Å². The van der Waals surface area contributed by atoms with Crippen LogP contribution in [-0.2, 0) is 4.79 Å². The topological polar surface area (TPSA) is 26.3 Å². The van der Waals surface area contributed by atoms with Gasteiger partial charge in [-0.15, -0.1) is 0 Å². The fraction of sp³-hybridized carbons (Fsp3) is 0.500. The maximum atomic E-state index is 9.97. The van der Waals surface area contributed by atoms with Crippen LogP contribution in [0.1, 0.15) is 44.6 Å². The fourth-order valence-corrected chi connectivity index (χ4v) is 1.44. The molecule has 0 saturated carbocycles. The molecular weight excluding hydrogens is 200 g/mol. The third kappa shape index (κ3) is 4.47. The van der Waals surface area contributed by atoms with Crippen LogP contribution in [0.2, 0.25) is 0 Å². The van der Waals surface area contributed by atoms with Gasteiger partial charge in [-0.05, 0) is 36.5 Å². The zero-order valence-electron chi connectivity index (χ0n) is 10.0. The lowest BCUT2D eigenvalue weighted by molar-refractivity contribution is 0.307. The smallest absolute Gasteiger partial charge is 0.198 e. The summed E-state index contributed by atoms with van der Waals surface area (Å²) >= 11 is 0. The Balaban J connectivity index is 2.29. The fourth-order valence-electron chi connectivity index (χ4n) is 1.44. The van der Waals surface area contributed by atoms with Gasteiger partial charge in [0.25, 0.3) is 0 Å². The van der Waals surface area contributed by atoms with Gasteiger partial charge >= 0.3 is 0 Å². The third-order valence-electron chi connectivity index (χ3n) is 2.49. The lowest BCUT2D eigenvalue weighted by atomic mass is 10.0. The summed E-state index contributed by atoms with van der Waals surface area (Å²) in [5.74, 6) is 1.46. The summed E-state index contributed by atoms with van der Waals surface area (Å²) < 4.78 is 5.56. The van der Waals surface area contributed by atoms with Crippen LogP contribution in [0.15, 0.2) is 24.3 Å². The third-order valence-corrected chi connectivity index (χ3v) is 2.49. The zero-order chi connectivity index (χ0) is 11.8. The molecule has 0 aliphatic rings. The van der Waals surface area contributed by atoms with Gasteiger partial charge in [0, 0.05) is 6.42 Å². The van der Waals surface area contributed by atoms with E-state index >= 15 is 0 Å². The maximum Gasteiger partial charge on any atom is 0.198 e. The van der Waals surface area contributed by atoms with E-state index in [0.29, 0.717) is 18.9 Å². The van der Waals surface area contributed by atoms with E-state index in [9.17, 15) is 4.79 Å². The van der Waals surface area contributed by atoms with Crippen molar-refractivity contribution in [3.63, 3.8) is 0 Å². The SMILES string of the molecule is CC(C)c1ccc(OCCCC[C]=O)cc1. The number of hydrogen-bond acceptors (Lipinski definition) is 2. The number of benzene rings is 1. The van der Waals surface area contributed by atoms with Gasteiger partial charge in [0.1, 0.15) is 5.75 Å². The van der Waals surface area contributed by atoms with Gasteiger partial charge in [0.05, 0.1) is 6.61 Å². The minimum atomic E-state index is 0.510. The summed E-state index contributed by atoms with van der Waals surface area (Å²) in [4.78, 5) is 9.97. The Hall–Kier alpha value is -1.31. The van der Waals surface area contributed by atoms with E-state index < -0.39 is 0 Å². The zero-order valence-corrected chi connectivity index (χ0v) is 10.0. The van der Waals surface area contributed by atoms with Crippen LogP contribution >= 0.6 is 0 Å². The summed E-state index contributed by atoms with van der Waals surface area (Å²) in [6.45, 7) is 5.01. The van der Waals surface area contributed by atoms with Crippen LogP contribution in [0, 0.1) is 0 Å². The van der Waals surface area contributed by atoms with Gasteiger partial charge in [0.2, 0.25) is 0 Å². The second-order valence-electron chi connectivity index (χ2n) is 4.17. The molecule has 87 valence electrons. The molecule has 1 radical (unpaired) electrons. The molecule has 2 heteroatoms. The minimum Gasteiger partial charge on any atom is -0.494 e. The van der Waals surface area contributed by atoms with Gasteiger partial charge < -0.3 is 4.74 Å². The van der Waals surface area contributed by atoms with Crippen LogP contribution < -0.4 is 4.74 Å². The lowest BCUT2D eigenvalue weighted by Gasteiger charge is -2.08. The quantitative estimate of drug-likeness (QED) is 0.656. The summed E-state index contributed by atoms with van der Waals surface area (Å²) in [5.41, 5.74) is 1.32. The summed E-state index contributed by atoms with van der Waals surface area (Å²) in [6.07, 6.45) is 4.15. The molecule has 0 aliphatic carbocycles. The van der Waals surface area contributed by atoms with Crippen molar-refractivity contribution in [1.82, 2.24) is 0 Å². The van der Waals surface area contributed by atoms with Gasteiger partial charge in [-0.25, -0.2) is 0 Å². The van der Waals surface area contributed by atoms with Crippen molar-refractivity contribution in [2.24, 2.45) is 0 Å². The molecule has 0 amide bonds. The summed E-state index contributed by atoms with van der Waals surface area (Å²) in [7, 11) is 0. The molecule has 16 heavy (non-hydrogen) atoms. The highest BCUT2D eigenvalue weighted by atomic mass is 16.5. The van der Waals surface area contributed by atoms with Crippen LogP contribution in [0.4, 0.5) is 0 Å². The molecule has 0 aromatic heterocycles. The summed E-state index contributed by atoms with van der Waals surface area (Å²) in [5, 5.41) is 0. The average Bonchev–Trinajstić information content (AvgIpc) is 2.29. The van der Waals surface area contributed by atoms with E-state index in [0.717, 1.165) is 18.6 Å². The van der Waals surface area contributed by atoms with Crippen LogP contribution in [0.5, 0.6) is 5.75 Å². The molecule has 0 unspecified atom stereocenters. The normalized spacial score (nSPS) is 10.4. The highest BCUT2D eigenvalue weighted by Gasteiger charge is 1.99. The van der Waals surface area contributed by atoms with E-state index in [-0.39, 0.29) is 0 Å². The second-order valence-corrected chi connectivity index (χ2v) is 4.17. The van der Waals surface area contributed by atoms with E-state index in [2.05, 4.69) is 26.0 Å². The van der Waals surface area contributed by atoms with E-state index in [1.807, 2.05) is 18.4 Å². The van der Waals surface area contributed by atoms with Crippen LogP contribution in [0.3, 0.4) is 0 Å². The Bertz CT molecular complexity index is 301. The number of rotatable bonds is 7. The Morgan fingerprint density at radius 3 is 2.44 bits per heavy atom. The first kappa shape index (κ1) is 12.8. The minimum absolute atomic E-state index is 0.510. The first-order chi connectivity index (χ1) is 7.74. The Morgan fingerprint density at radius 1 is 1.19 bits per heavy atom. The molecule has 0 heterocycles. The predicted molar refractivity (Wildman–Crippen MR) is 65.6 cm³/mol. The first-order valence-corrected chi connectivity index (χ1v) is 5.82. The molecule has 0 N–H and O–H groups in total. The molecule has 0 spiro atoms. The molecule has 0 atom stereocenters. The maximum absolute atomic E-state index is 9.97. The average molecular weight is 219 g/mol. The van der Waals surface area contributed by atoms with Gasteiger partial charge in [-0.3, -0.25) is 4.79 Å². The Morgan fingerprint density at radius 2 is 1.88 bits per heavy atom. The van der Waals surface area contributed by atoms with Crippen LogP contribution in [0.25, 0.3) is 0 Å². The molecule has 2 nitrogen and oxygen atoms in total. The molecule has 1 aromatic carbocycles. The van der Waals surface area contributed by atoms with Crippen molar-refractivity contribution >= 4 is 6.29 Å². The highest BCUT2D eigenvalue weighted by molar-refractivity contribution is 5.50. The largest absolute Gasteiger partial charge is 0.494 e. The van der Waals surface area contributed by atoms with Gasteiger partial charge in [0.15, 0.2) is 6.29 Å². The van der Waals surface area contributed by atoms with Crippen molar-refractivity contribution in [1.29, 1.82) is 0 Å². The van der Waals surface area contributed by atoms with Crippen molar-refractivity contribution < 1.29 is 9.53 Å². The van der Waals surface area contributed by atoms with Gasteiger partial charge in [-0.1, -0.05) is 26.0 Å². The number of carbonyl (C=O) groups excluding carboxylic acids is 1. The second kappa shape index (κ2) is 7.04. The number of hydrogen-bond donors (Lipinski definition) is 0. The first-order valence-electron chi connectivity index (χ1n) is 5.82. The molecule has 0 saturated heterocycles. The summed E-state index contributed by atoms with van der Waals surface area (Å²) in [6, 6.07) is 8.20. The van der Waals surface area contributed by atoms with E-state index in [4.69, 9.17) is 4.74 Å². The molecule has 0 fully saturated rings. The molecular formula is C14H19O2. The molecule has 1 aromatic rings. The standard InChI is InChI=1S/C14H19O2/c1-12(2)13-6-8-14(9-7-13)16-11-5-3-4-10-15/h6-9,12H,3-5,11H2,1-2H3. The Kier molecular flexibility index (Phi) is 5.62. The molecule has 0 bridgehead atoms. The van der Waals surface area contributed by atoms with Crippen LogP contribution in [-0.4, -0.2) is 12.9 Å². The number of unbranched alkanes of at least 4 members (excludes halogenated alkanes) is 2. The van der Waals surface area contributed by atoms with Crippen molar-refractivity contribution in [2.75, 3.05) is 6.61 Å². The monoisotopic (exact) mass is 219 g/mol. The molecule has 1 rings (SSSR count). The lowest BCUT2D eigenvalue weighted by Crippen LogP contribution is -1.97.